The van der Waals surface area contributed by atoms with E-state index in [-0.39, 0.29) is 0 Å². The smallest absolute Gasteiger partial charge is 0.0544 e. The Bertz CT molecular complexity index is 301. The first-order valence-electron chi connectivity index (χ1n) is 5.58. The van der Waals surface area contributed by atoms with Gasteiger partial charge in [0.25, 0.3) is 0 Å². The Balaban J connectivity index is 1.92. The van der Waals surface area contributed by atoms with E-state index in [1.54, 1.807) is 0 Å². The predicted molar refractivity (Wildman–Crippen MR) is 61.7 cm³/mol. The van der Waals surface area contributed by atoms with Gasteiger partial charge < -0.3 is 5.32 Å². The van der Waals surface area contributed by atoms with Crippen LogP contribution >= 0.6 is 0 Å². The summed E-state index contributed by atoms with van der Waals surface area (Å²) in [4.78, 5) is 6.81. The molecule has 0 amide bonds. The monoisotopic (exact) mass is 205 g/mol. The van der Waals surface area contributed by atoms with Crippen LogP contribution < -0.4 is 5.32 Å². The van der Waals surface area contributed by atoms with Crippen LogP contribution in [0.5, 0.6) is 0 Å². The van der Waals surface area contributed by atoms with Gasteiger partial charge in [0, 0.05) is 25.3 Å². The minimum Gasteiger partial charge on any atom is -0.315 e. The first-order chi connectivity index (χ1) is 7.25. The van der Waals surface area contributed by atoms with Crippen molar-refractivity contribution in [2.45, 2.75) is 25.9 Å². The maximum atomic E-state index is 4.43. The Morgan fingerprint density at radius 3 is 3.00 bits per heavy atom. The molecule has 1 unspecified atom stereocenters. The Labute approximate surface area is 91.5 Å². The van der Waals surface area contributed by atoms with Gasteiger partial charge in [-0.05, 0) is 38.6 Å². The molecule has 82 valence electrons. The van der Waals surface area contributed by atoms with E-state index in [1.165, 1.54) is 12.0 Å². The normalized spacial score (nSPS) is 21.1. The van der Waals surface area contributed by atoms with Gasteiger partial charge in [-0.25, -0.2) is 0 Å². The van der Waals surface area contributed by atoms with E-state index < -0.39 is 0 Å². The molecule has 2 rings (SSSR count). The SMILES string of the molecule is Cc1ccc(CN(C)C2CCNC2)nc1. The molecule has 1 aliphatic rings. The fourth-order valence-corrected chi connectivity index (χ4v) is 1.99. The lowest BCUT2D eigenvalue weighted by atomic mass is 10.2. The fourth-order valence-electron chi connectivity index (χ4n) is 1.99. The average Bonchev–Trinajstić information content (AvgIpc) is 2.74. The minimum atomic E-state index is 0.674. The van der Waals surface area contributed by atoms with Gasteiger partial charge >= 0.3 is 0 Å². The molecule has 2 heterocycles. The van der Waals surface area contributed by atoms with Gasteiger partial charge in [0.05, 0.1) is 5.69 Å². The van der Waals surface area contributed by atoms with Crippen LogP contribution in [0.1, 0.15) is 17.7 Å². The molecule has 1 aliphatic heterocycles. The number of nitrogens with zero attached hydrogens (tertiary/aromatic N) is 2. The summed E-state index contributed by atoms with van der Waals surface area (Å²) in [6.07, 6.45) is 3.19. The molecule has 0 radical (unpaired) electrons. The molecular formula is C12H19N3. The standard InChI is InChI=1S/C12H19N3/c1-10-3-4-11(14-7-10)9-15(2)12-5-6-13-8-12/h3-4,7,12-13H,5-6,8-9H2,1-2H3. The van der Waals surface area contributed by atoms with E-state index in [0.29, 0.717) is 6.04 Å². The molecule has 0 aromatic carbocycles. The maximum Gasteiger partial charge on any atom is 0.0544 e. The quantitative estimate of drug-likeness (QED) is 0.803. The Morgan fingerprint density at radius 1 is 1.53 bits per heavy atom. The Kier molecular flexibility index (Phi) is 3.34. The van der Waals surface area contributed by atoms with Gasteiger partial charge in [-0.2, -0.15) is 0 Å². The molecule has 0 bridgehead atoms. The topological polar surface area (TPSA) is 28.2 Å². The Hall–Kier alpha value is -0.930. The highest BCUT2D eigenvalue weighted by Crippen LogP contribution is 2.09. The zero-order valence-corrected chi connectivity index (χ0v) is 9.53. The van der Waals surface area contributed by atoms with Gasteiger partial charge in [-0.3, -0.25) is 9.88 Å². The number of hydrogen-bond donors (Lipinski definition) is 1. The second kappa shape index (κ2) is 4.73. The van der Waals surface area contributed by atoms with E-state index in [4.69, 9.17) is 0 Å². The largest absolute Gasteiger partial charge is 0.315 e. The van der Waals surface area contributed by atoms with Crippen molar-refractivity contribution in [2.75, 3.05) is 20.1 Å². The summed E-state index contributed by atoms with van der Waals surface area (Å²) in [5.74, 6) is 0. The van der Waals surface area contributed by atoms with Crippen molar-refractivity contribution in [3.8, 4) is 0 Å². The lowest BCUT2D eigenvalue weighted by molar-refractivity contribution is 0.246. The molecule has 1 fully saturated rings. The highest BCUT2D eigenvalue weighted by molar-refractivity contribution is 5.12. The van der Waals surface area contributed by atoms with E-state index in [1.807, 2.05) is 6.20 Å². The zero-order valence-electron chi connectivity index (χ0n) is 9.53. The third-order valence-electron chi connectivity index (χ3n) is 3.04. The number of hydrogen-bond acceptors (Lipinski definition) is 3. The number of aromatic nitrogens is 1. The summed E-state index contributed by atoms with van der Waals surface area (Å²) in [6.45, 7) is 5.28. The molecule has 1 saturated heterocycles. The molecular weight excluding hydrogens is 186 g/mol. The van der Waals surface area contributed by atoms with Crippen LogP contribution in [-0.4, -0.2) is 36.1 Å². The van der Waals surface area contributed by atoms with Gasteiger partial charge in [-0.1, -0.05) is 6.07 Å². The van der Waals surface area contributed by atoms with Crippen molar-refractivity contribution in [1.82, 2.24) is 15.2 Å². The molecule has 1 aromatic heterocycles. The van der Waals surface area contributed by atoms with Gasteiger partial charge in [0.1, 0.15) is 0 Å². The first kappa shape index (κ1) is 10.6. The van der Waals surface area contributed by atoms with Gasteiger partial charge in [0.2, 0.25) is 0 Å². The summed E-state index contributed by atoms with van der Waals surface area (Å²) in [6, 6.07) is 4.92. The zero-order chi connectivity index (χ0) is 10.7. The van der Waals surface area contributed by atoms with Crippen molar-refractivity contribution in [1.29, 1.82) is 0 Å². The minimum absolute atomic E-state index is 0.674. The lowest BCUT2D eigenvalue weighted by Crippen LogP contribution is -2.33. The van der Waals surface area contributed by atoms with Crippen LogP contribution in [0.3, 0.4) is 0 Å². The van der Waals surface area contributed by atoms with Crippen LogP contribution in [0.4, 0.5) is 0 Å². The summed E-state index contributed by atoms with van der Waals surface area (Å²) in [5.41, 5.74) is 2.39. The summed E-state index contributed by atoms with van der Waals surface area (Å²) >= 11 is 0. The van der Waals surface area contributed by atoms with Crippen molar-refractivity contribution in [3.63, 3.8) is 0 Å². The number of aryl methyl sites for hydroxylation is 1. The van der Waals surface area contributed by atoms with E-state index in [0.717, 1.165) is 25.3 Å². The Morgan fingerprint density at radius 2 is 2.40 bits per heavy atom. The van der Waals surface area contributed by atoms with Crippen LogP contribution in [0, 0.1) is 6.92 Å². The van der Waals surface area contributed by atoms with Gasteiger partial charge in [0.15, 0.2) is 0 Å². The lowest BCUT2D eigenvalue weighted by Gasteiger charge is -2.22. The van der Waals surface area contributed by atoms with Gasteiger partial charge in [-0.15, -0.1) is 0 Å². The molecule has 15 heavy (non-hydrogen) atoms. The van der Waals surface area contributed by atoms with Crippen LogP contribution in [0.2, 0.25) is 0 Å². The summed E-state index contributed by atoms with van der Waals surface area (Å²) in [7, 11) is 2.18. The number of rotatable bonds is 3. The van der Waals surface area contributed by atoms with E-state index >= 15 is 0 Å². The molecule has 1 aromatic rings. The molecule has 3 heteroatoms. The van der Waals surface area contributed by atoms with E-state index in [9.17, 15) is 0 Å². The third kappa shape index (κ3) is 2.76. The van der Waals surface area contributed by atoms with Crippen molar-refractivity contribution in [2.24, 2.45) is 0 Å². The second-order valence-corrected chi connectivity index (χ2v) is 4.39. The number of likely N-dealkylation sites (N-methyl/N-ethyl adjacent to an activating group) is 1. The summed E-state index contributed by atoms with van der Waals surface area (Å²) in [5, 5.41) is 3.39. The predicted octanol–water partition coefficient (Wildman–Crippen LogP) is 1.18. The fraction of sp³-hybridized carbons (Fsp3) is 0.583. The molecule has 1 atom stereocenters. The third-order valence-corrected chi connectivity index (χ3v) is 3.04. The van der Waals surface area contributed by atoms with Crippen molar-refractivity contribution >= 4 is 0 Å². The molecule has 3 nitrogen and oxygen atoms in total. The van der Waals surface area contributed by atoms with Crippen LogP contribution in [0.15, 0.2) is 18.3 Å². The molecule has 0 spiro atoms. The van der Waals surface area contributed by atoms with Crippen molar-refractivity contribution in [3.05, 3.63) is 29.6 Å². The van der Waals surface area contributed by atoms with E-state index in [2.05, 4.69) is 41.3 Å². The average molecular weight is 205 g/mol. The highest BCUT2D eigenvalue weighted by Gasteiger charge is 2.19. The van der Waals surface area contributed by atoms with Crippen molar-refractivity contribution < 1.29 is 0 Å². The number of nitrogens with one attached hydrogen (secondary N) is 1. The highest BCUT2D eigenvalue weighted by atomic mass is 15.2. The molecule has 0 saturated carbocycles. The van der Waals surface area contributed by atoms with Crippen LogP contribution in [0.25, 0.3) is 0 Å². The summed E-state index contributed by atoms with van der Waals surface area (Å²) < 4.78 is 0. The molecule has 1 N–H and O–H groups in total. The molecule has 0 aliphatic carbocycles. The second-order valence-electron chi connectivity index (χ2n) is 4.39. The maximum absolute atomic E-state index is 4.43. The first-order valence-corrected chi connectivity index (χ1v) is 5.58. The number of pyridine rings is 1. The van der Waals surface area contributed by atoms with Crippen LogP contribution in [-0.2, 0) is 6.54 Å².